The standard InChI is InChI=1S/C15H21ClN2O2/c1-9(2)13-7-11(8-14(16)18-13)15(19)17-12-4-5-20-10(3)6-12/h7-10,12H,4-6H2,1-3H3,(H,17,19). The van der Waals surface area contributed by atoms with Gasteiger partial charge in [-0.15, -0.1) is 0 Å². The Balaban J connectivity index is 2.08. The van der Waals surface area contributed by atoms with Crippen LogP contribution >= 0.6 is 11.6 Å². The zero-order valence-corrected chi connectivity index (χ0v) is 12.9. The molecule has 4 nitrogen and oxygen atoms in total. The Hall–Kier alpha value is -1.13. The maximum atomic E-state index is 12.3. The third-order valence-electron chi connectivity index (χ3n) is 3.49. The van der Waals surface area contributed by atoms with E-state index in [1.165, 1.54) is 0 Å². The van der Waals surface area contributed by atoms with Gasteiger partial charge < -0.3 is 10.1 Å². The fourth-order valence-electron chi connectivity index (χ4n) is 2.34. The maximum absolute atomic E-state index is 12.3. The van der Waals surface area contributed by atoms with Gasteiger partial charge in [0.2, 0.25) is 0 Å². The highest BCUT2D eigenvalue weighted by Gasteiger charge is 2.22. The van der Waals surface area contributed by atoms with Crippen LogP contribution in [0.15, 0.2) is 12.1 Å². The first-order valence-electron chi connectivity index (χ1n) is 7.05. The predicted molar refractivity (Wildman–Crippen MR) is 79.2 cm³/mol. The molecule has 1 aliphatic rings. The highest BCUT2D eigenvalue weighted by atomic mass is 35.5. The maximum Gasteiger partial charge on any atom is 0.251 e. The van der Waals surface area contributed by atoms with Crippen LogP contribution in [0.1, 0.15) is 55.6 Å². The van der Waals surface area contributed by atoms with Crippen molar-refractivity contribution < 1.29 is 9.53 Å². The number of pyridine rings is 1. The Labute approximate surface area is 124 Å². The van der Waals surface area contributed by atoms with E-state index in [9.17, 15) is 4.79 Å². The Bertz CT molecular complexity index is 491. The average Bonchev–Trinajstić information content (AvgIpc) is 2.37. The highest BCUT2D eigenvalue weighted by Crippen LogP contribution is 2.19. The zero-order chi connectivity index (χ0) is 14.7. The number of rotatable bonds is 3. The van der Waals surface area contributed by atoms with Gasteiger partial charge in [0.1, 0.15) is 5.15 Å². The second kappa shape index (κ2) is 6.55. The molecule has 0 aliphatic carbocycles. The van der Waals surface area contributed by atoms with E-state index in [4.69, 9.17) is 16.3 Å². The van der Waals surface area contributed by atoms with Crippen molar-refractivity contribution in [3.8, 4) is 0 Å². The zero-order valence-electron chi connectivity index (χ0n) is 12.1. The minimum Gasteiger partial charge on any atom is -0.378 e. The number of ether oxygens (including phenoxy) is 1. The van der Waals surface area contributed by atoms with Gasteiger partial charge in [-0.1, -0.05) is 25.4 Å². The second-order valence-electron chi connectivity index (χ2n) is 5.63. The van der Waals surface area contributed by atoms with Crippen LogP contribution < -0.4 is 5.32 Å². The molecule has 20 heavy (non-hydrogen) atoms. The molecule has 0 spiro atoms. The second-order valence-corrected chi connectivity index (χ2v) is 6.02. The Morgan fingerprint density at radius 1 is 1.50 bits per heavy atom. The molecule has 0 aromatic carbocycles. The summed E-state index contributed by atoms with van der Waals surface area (Å²) in [6, 6.07) is 3.60. The van der Waals surface area contributed by atoms with Crippen LogP contribution in [0.2, 0.25) is 5.15 Å². The molecule has 1 amide bonds. The van der Waals surface area contributed by atoms with Crippen LogP contribution in [0.25, 0.3) is 0 Å². The molecule has 110 valence electrons. The van der Waals surface area contributed by atoms with Gasteiger partial charge in [-0.25, -0.2) is 4.98 Å². The molecule has 1 aromatic heterocycles. The minimum atomic E-state index is -0.0877. The summed E-state index contributed by atoms with van der Waals surface area (Å²) < 4.78 is 5.48. The van der Waals surface area contributed by atoms with E-state index in [0.717, 1.165) is 18.5 Å². The van der Waals surface area contributed by atoms with Crippen molar-refractivity contribution in [1.29, 1.82) is 0 Å². The lowest BCUT2D eigenvalue weighted by atomic mass is 10.0. The lowest BCUT2D eigenvalue weighted by Crippen LogP contribution is -2.41. The van der Waals surface area contributed by atoms with Crippen molar-refractivity contribution in [3.05, 3.63) is 28.5 Å². The van der Waals surface area contributed by atoms with Crippen LogP contribution in [0.4, 0.5) is 0 Å². The summed E-state index contributed by atoms with van der Waals surface area (Å²) in [6.45, 7) is 6.78. The number of amides is 1. The van der Waals surface area contributed by atoms with Crippen LogP contribution in [-0.2, 0) is 4.74 Å². The lowest BCUT2D eigenvalue weighted by molar-refractivity contribution is 0.0136. The Morgan fingerprint density at radius 3 is 2.90 bits per heavy atom. The number of carbonyl (C=O) groups excluding carboxylic acids is 1. The Kier molecular flexibility index (Phi) is 5.00. The molecule has 2 atom stereocenters. The number of hydrogen-bond donors (Lipinski definition) is 1. The third-order valence-corrected chi connectivity index (χ3v) is 3.68. The molecule has 1 aliphatic heterocycles. The molecule has 2 unspecified atom stereocenters. The topological polar surface area (TPSA) is 51.2 Å². The summed E-state index contributed by atoms with van der Waals surface area (Å²) in [6.07, 6.45) is 1.90. The number of hydrogen-bond acceptors (Lipinski definition) is 3. The molecule has 1 saturated heterocycles. The molecule has 0 saturated carbocycles. The average molecular weight is 297 g/mol. The molecule has 2 rings (SSSR count). The SMILES string of the molecule is CC1CC(NC(=O)c2cc(Cl)nc(C(C)C)c2)CCO1. The predicted octanol–water partition coefficient (Wildman–Crippen LogP) is 3.16. The lowest BCUT2D eigenvalue weighted by Gasteiger charge is -2.28. The third kappa shape index (κ3) is 3.93. The molecular formula is C15H21ClN2O2. The minimum absolute atomic E-state index is 0.0877. The molecule has 2 heterocycles. The van der Waals surface area contributed by atoms with Gasteiger partial charge >= 0.3 is 0 Å². The molecule has 1 fully saturated rings. The van der Waals surface area contributed by atoms with Gasteiger partial charge in [0.25, 0.3) is 5.91 Å². The summed E-state index contributed by atoms with van der Waals surface area (Å²) in [7, 11) is 0. The summed E-state index contributed by atoms with van der Waals surface area (Å²) >= 11 is 5.99. The van der Waals surface area contributed by atoms with E-state index >= 15 is 0 Å². The van der Waals surface area contributed by atoms with Crippen molar-refractivity contribution in [2.75, 3.05) is 6.61 Å². The first kappa shape index (κ1) is 15.3. The van der Waals surface area contributed by atoms with E-state index in [1.54, 1.807) is 6.07 Å². The van der Waals surface area contributed by atoms with Crippen molar-refractivity contribution >= 4 is 17.5 Å². The van der Waals surface area contributed by atoms with E-state index in [1.807, 2.05) is 26.8 Å². The summed E-state index contributed by atoms with van der Waals surface area (Å²) in [4.78, 5) is 16.5. The van der Waals surface area contributed by atoms with Crippen molar-refractivity contribution in [2.45, 2.75) is 51.7 Å². The smallest absolute Gasteiger partial charge is 0.251 e. The van der Waals surface area contributed by atoms with E-state index in [-0.39, 0.29) is 24.0 Å². The van der Waals surface area contributed by atoms with E-state index in [0.29, 0.717) is 17.3 Å². The van der Waals surface area contributed by atoms with Crippen LogP contribution in [-0.4, -0.2) is 29.6 Å². The monoisotopic (exact) mass is 296 g/mol. The fourth-order valence-corrected chi connectivity index (χ4v) is 2.56. The first-order valence-corrected chi connectivity index (χ1v) is 7.43. The molecule has 1 N–H and O–H groups in total. The number of nitrogens with one attached hydrogen (secondary N) is 1. The highest BCUT2D eigenvalue weighted by molar-refractivity contribution is 6.29. The molecular weight excluding hydrogens is 276 g/mol. The van der Waals surface area contributed by atoms with Gasteiger partial charge in [0.05, 0.1) is 6.10 Å². The summed E-state index contributed by atoms with van der Waals surface area (Å²) in [5, 5.41) is 3.42. The number of carbonyl (C=O) groups is 1. The van der Waals surface area contributed by atoms with Gasteiger partial charge in [0, 0.05) is 23.9 Å². The van der Waals surface area contributed by atoms with Crippen LogP contribution in [0, 0.1) is 0 Å². The molecule has 5 heteroatoms. The van der Waals surface area contributed by atoms with Crippen LogP contribution in [0.5, 0.6) is 0 Å². The van der Waals surface area contributed by atoms with Gasteiger partial charge in [-0.2, -0.15) is 0 Å². The quantitative estimate of drug-likeness (QED) is 0.872. The normalized spacial score (nSPS) is 22.9. The van der Waals surface area contributed by atoms with Crippen molar-refractivity contribution in [1.82, 2.24) is 10.3 Å². The molecule has 0 bridgehead atoms. The first-order chi connectivity index (χ1) is 9.45. The summed E-state index contributed by atoms with van der Waals surface area (Å²) in [5.74, 6) is 0.152. The largest absolute Gasteiger partial charge is 0.378 e. The molecule has 0 radical (unpaired) electrons. The fraction of sp³-hybridized carbons (Fsp3) is 0.600. The van der Waals surface area contributed by atoms with E-state index in [2.05, 4.69) is 10.3 Å². The van der Waals surface area contributed by atoms with E-state index < -0.39 is 0 Å². The number of halogens is 1. The Morgan fingerprint density at radius 2 is 2.25 bits per heavy atom. The molecule has 1 aromatic rings. The number of nitrogens with zero attached hydrogens (tertiary/aromatic N) is 1. The van der Waals surface area contributed by atoms with Gasteiger partial charge in [-0.05, 0) is 37.8 Å². The van der Waals surface area contributed by atoms with Crippen molar-refractivity contribution in [2.24, 2.45) is 0 Å². The number of aromatic nitrogens is 1. The van der Waals surface area contributed by atoms with Crippen molar-refractivity contribution in [3.63, 3.8) is 0 Å². The van der Waals surface area contributed by atoms with Crippen LogP contribution in [0.3, 0.4) is 0 Å². The van der Waals surface area contributed by atoms with Gasteiger partial charge in [0.15, 0.2) is 0 Å². The van der Waals surface area contributed by atoms with Gasteiger partial charge in [-0.3, -0.25) is 4.79 Å². The summed E-state index contributed by atoms with van der Waals surface area (Å²) in [5.41, 5.74) is 1.41.